The molecule has 6 aliphatic rings. The number of hydrogen-bond acceptors (Lipinski definition) is 3. The summed E-state index contributed by atoms with van der Waals surface area (Å²) < 4.78 is 7.00. The molecular formula is C27H43NO2. The standard InChI is InChI=1S/C27H43NO2/c1-16-7-12-27(28-15-16)17(2)24-23(30-27)14-22-20-6-5-18-13-19(29)8-10-25(18,3)21(20)9-11-26(22,24)4/h5,16-17,19-24,28-29H,6-15H2,1-4H3/t16?,17-,19?,20?,21?,22?,23?,24?,25?,26?,27+/m0/s1. The predicted molar refractivity (Wildman–Crippen MR) is 120 cm³/mol. The molecule has 3 saturated carbocycles. The smallest absolute Gasteiger partial charge is 0.122 e. The second kappa shape index (κ2) is 6.58. The van der Waals surface area contributed by atoms with Crippen LogP contribution in [-0.4, -0.2) is 29.6 Å². The summed E-state index contributed by atoms with van der Waals surface area (Å²) in [5.74, 6) is 4.58. The molecule has 9 unspecified atom stereocenters. The van der Waals surface area contributed by atoms with Crippen molar-refractivity contribution in [3.63, 3.8) is 0 Å². The van der Waals surface area contributed by atoms with Crippen LogP contribution in [0.2, 0.25) is 0 Å². The van der Waals surface area contributed by atoms with E-state index in [2.05, 4.69) is 39.1 Å². The summed E-state index contributed by atoms with van der Waals surface area (Å²) in [5.41, 5.74) is 2.33. The molecule has 0 aromatic heterocycles. The molecule has 2 heterocycles. The van der Waals surface area contributed by atoms with E-state index in [0.717, 1.165) is 49.0 Å². The van der Waals surface area contributed by atoms with Gasteiger partial charge in [0.1, 0.15) is 5.72 Å². The average molecular weight is 414 g/mol. The molecule has 2 saturated heterocycles. The van der Waals surface area contributed by atoms with Crippen LogP contribution in [0, 0.1) is 46.3 Å². The van der Waals surface area contributed by atoms with Gasteiger partial charge in [0.15, 0.2) is 0 Å². The van der Waals surface area contributed by atoms with Gasteiger partial charge in [-0.25, -0.2) is 0 Å². The van der Waals surface area contributed by atoms with Crippen molar-refractivity contribution >= 4 is 0 Å². The summed E-state index contributed by atoms with van der Waals surface area (Å²) in [7, 11) is 0. The van der Waals surface area contributed by atoms with Gasteiger partial charge in [0.25, 0.3) is 0 Å². The van der Waals surface area contributed by atoms with Gasteiger partial charge in [-0.15, -0.1) is 0 Å². The van der Waals surface area contributed by atoms with Gasteiger partial charge in [0.2, 0.25) is 0 Å². The largest absolute Gasteiger partial charge is 0.393 e. The van der Waals surface area contributed by atoms with Crippen molar-refractivity contribution in [3.8, 4) is 0 Å². The summed E-state index contributed by atoms with van der Waals surface area (Å²) in [4.78, 5) is 0. The molecule has 3 nitrogen and oxygen atoms in total. The first-order valence-electron chi connectivity index (χ1n) is 13.1. The lowest BCUT2D eigenvalue weighted by molar-refractivity contribution is -0.115. The van der Waals surface area contributed by atoms with Crippen LogP contribution in [0.5, 0.6) is 0 Å². The van der Waals surface area contributed by atoms with E-state index in [1.54, 1.807) is 5.57 Å². The van der Waals surface area contributed by atoms with Gasteiger partial charge in [0.05, 0.1) is 12.2 Å². The lowest BCUT2D eigenvalue weighted by Gasteiger charge is -2.58. The summed E-state index contributed by atoms with van der Waals surface area (Å²) in [6, 6.07) is 0. The SMILES string of the molecule is CC1CC[C@@]2(NC1)OC1CC3C4CC=C5CC(O)CCC5(C)C4CCC3(C)C1[C@@H]2C. The summed E-state index contributed by atoms with van der Waals surface area (Å²) in [5, 5.41) is 14.1. The van der Waals surface area contributed by atoms with Crippen LogP contribution < -0.4 is 5.32 Å². The lowest BCUT2D eigenvalue weighted by Crippen LogP contribution is -2.57. The number of hydrogen-bond donors (Lipinski definition) is 2. The van der Waals surface area contributed by atoms with E-state index in [9.17, 15) is 5.11 Å². The van der Waals surface area contributed by atoms with Crippen LogP contribution in [0.1, 0.15) is 85.5 Å². The zero-order valence-corrected chi connectivity index (χ0v) is 19.6. The van der Waals surface area contributed by atoms with E-state index in [0.29, 0.717) is 22.9 Å². The maximum atomic E-state index is 10.3. The van der Waals surface area contributed by atoms with E-state index in [4.69, 9.17) is 4.74 Å². The zero-order valence-electron chi connectivity index (χ0n) is 19.6. The number of aliphatic hydroxyl groups excluding tert-OH is 1. The van der Waals surface area contributed by atoms with Crippen LogP contribution in [0.25, 0.3) is 0 Å². The van der Waals surface area contributed by atoms with Gasteiger partial charge in [0, 0.05) is 12.5 Å². The number of ether oxygens (including phenoxy) is 1. The number of rotatable bonds is 0. The first kappa shape index (κ1) is 20.2. The molecule has 0 aromatic carbocycles. The van der Waals surface area contributed by atoms with Crippen molar-refractivity contribution in [1.29, 1.82) is 0 Å². The van der Waals surface area contributed by atoms with Crippen molar-refractivity contribution in [1.82, 2.24) is 5.32 Å². The third-order valence-electron chi connectivity index (χ3n) is 11.6. The van der Waals surface area contributed by atoms with E-state index < -0.39 is 0 Å². The molecule has 0 amide bonds. The van der Waals surface area contributed by atoms with Crippen molar-refractivity contribution in [2.75, 3.05) is 6.54 Å². The Morgan fingerprint density at radius 3 is 2.67 bits per heavy atom. The second-order valence-electron chi connectivity index (χ2n) is 12.8. The Balaban J connectivity index is 1.28. The van der Waals surface area contributed by atoms with Gasteiger partial charge < -0.3 is 9.84 Å². The topological polar surface area (TPSA) is 41.5 Å². The zero-order chi connectivity index (χ0) is 20.9. The number of allylic oxidation sites excluding steroid dienone is 1. The van der Waals surface area contributed by atoms with E-state index >= 15 is 0 Å². The minimum atomic E-state index is -0.100. The molecular weight excluding hydrogens is 370 g/mol. The molecule has 2 N–H and O–H groups in total. The van der Waals surface area contributed by atoms with Gasteiger partial charge >= 0.3 is 0 Å². The van der Waals surface area contributed by atoms with Crippen LogP contribution in [0.4, 0.5) is 0 Å². The maximum Gasteiger partial charge on any atom is 0.122 e. The molecule has 1 spiro atoms. The normalized spacial score (nSPS) is 59.8. The monoisotopic (exact) mass is 413 g/mol. The molecule has 5 fully saturated rings. The fourth-order valence-electron chi connectivity index (χ4n) is 9.84. The summed E-state index contributed by atoms with van der Waals surface area (Å²) in [6.07, 6.45) is 13.8. The number of piperidine rings is 1. The van der Waals surface area contributed by atoms with Crippen LogP contribution in [0.15, 0.2) is 11.6 Å². The minimum Gasteiger partial charge on any atom is -0.393 e. The van der Waals surface area contributed by atoms with Gasteiger partial charge in [-0.2, -0.15) is 0 Å². The Morgan fingerprint density at radius 1 is 1.07 bits per heavy atom. The second-order valence-corrected chi connectivity index (χ2v) is 12.8. The van der Waals surface area contributed by atoms with Crippen molar-refractivity contribution < 1.29 is 9.84 Å². The van der Waals surface area contributed by atoms with Crippen molar-refractivity contribution in [2.24, 2.45) is 46.3 Å². The Kier molecular flexibility index (Phi) is 4.44. The first-order valence-corrected chi connectivity index (χ1v) is 13.1. The molecule has 168 valence electrons. The summed E-state index contributed by atoms with van der Waals surface area (Å²) in [6.45, 7) is 11.2. The van der Waals surface area contributed by atoms with E-state index in [1.165, 1.54) is 44.9 Å². The number of nitrogens with one attached hydrogen (secondary N) is 1. The van der Waals surface area contributed by atoms with E-state index in [1.807, 2.05) is 0 Å². The quantitative estimate of drug-likeness (QED) is 0.530. The third-order valence-corrected chi connectivity index (χ3v) is 11.6. The van der Waals surface area contributed by atoms with Gasteiger partial charge in [-0.1, -0.05) is 39.3 Å². The fraction of sp³-hybridized carbons (Fsp3) is 0.926. The number of fused-ring (bicyclic) bond motifs is 7. The molecule has 3 heteroatoms. The fourth-order valence-corrected chi connectivity index (χ4v) is 9.84. The molecule has 6 rings (SSSR count). The highest BCUT2D eigenvalue weighted by atomic mass is 16.5. The maximum absolute atomic E-state index is 10.3. The Bertz CT molecular complexity index is 739. The predicted octanol–water partition coefficient (Wildman–Crippen LogP) is 5.29. The van der Waals surface area contributed by atoms with Crippen LogP contribution in [0.3, 0.4) is 0 Å². The van der Waals surface area contributed by atoms with Crippen LogP contribution in [-0.2, 0) is 4.74 Å². The van der Waals surface area contributed by atoms with Crippen molar-refractivity contribution in [3.05, 3.63) is 11.6 Å². The Hall–Kier alpha value is -0.380. The third kappa shape index (κ3) is 2.55. The minimum absolute atomic E-state index is 0.0439. The van der Waals surface area contributed by atoms with Gasteiger partial charge in [-0.3, -0.25) is 5.32 Å². The van der Waals surface area contributed by atoms with E-state index in [-0.39, 0.29) is 11.8 Å². The molecule has 0 bridgehead atoms. The van der Waals surface area contributed by atoms with Crippen LogP contribution >= 0.6 is 0 Å². The highest BCUT2D eigenvalue weighted by molar-refractivity contribution is 5.26. The molecule has 30 heavy (non-hydrogen) atoms. The lowest BCUT2D eigenvalue weighted by atomic mass is 9.47. The highest BCUT2D eigenvalue weighted by Gasteiger charge is 2.68. The highest BCUT2D eigenvalue weighted by Crippen LogP contribution is 2.70. The van der Waals surface area contributed by atoms with Gasteiger partial charge in [-0.05, 0) is 98.2 Å². The molecule has 4 aliphatic carbocycles. The molecule has 0 radical (unpaired) electrons. The Labute approximate surface area is 183 Å². The Morgan fingerprint density at radius 2 is 1.90 bits per heavy atom. The number of aliphatic hydroxyl groups is 1. The first-order chi connectivity index (χ1) is 14.3. The molecule has 0 aromatic rings. The van der Waals surface area contributed by atoms with Crippen molar-refractivity contribution in [2.45, 2.75) is 103 Å². The molecule has 11 atom stereocenters. The summed E-state index contributed by atoms with van der Waals surface area (Å²) >= 11 is 0. The molecule has 2 aliphatic heterocycles. The average Bonchev–Trinajstić information content (AvgIpc) is 3.16.